The molecule has 5 heteroatoms. The molecule has 0 unspecified atom stereocenters. The smallest absolute Gasteiger partial charge is 0.299 e. The van der Waals surface area contributed by atoms with Crippen molar-refractivity contribution in [1.29, 1.82) is 5.26 Å². The van der Waals surface area contributed by atoms with E-state index in [1.165, 1.54) is 4.90 Å². The monoisotopic (exact) mass is 340 g/mol. The molecule has 0 saturated carbocycles. The number of anilines is 1. The summed E-state index contributed by atoms with van der Waals surface area (Å²) in [6.45, 7) is 0.310. The van der Waals surface area contributed by atoms with Crippen LogP contribution in [0.2, 0.25) is 0 Å². The average Bonchev–Trinajstić information content (AvgIpc) is 2.73. The van der Waals surface area contributed by atoms with Gasteiger partial charge in [0.05, 0.1) is 29.4 Å². The lowest BCUT2D eigenvalue weighted by molar-refractivity contribution is -0.114. The average molecular weight is 341 g/mol. The van der Waals surface area contributed by atoms with Crippen molar-refractivity contribution >= 4 is 33.3 Å². The van der Waals surface area contributed by atoms with E-state index in [2.05, 4.69) is 15.9 Å². The van der Waals surface area contributed by atoms with Crippen LogP contribution in [-0.2, 0) is 11.3 Å². The topological polar surface area (TPSA) is 61.2 Å². The molecule has 1 amide bonds. The van der Waals surface area contributed by atoms with Crippen LogP contribution in [0.1, 0.15) is 21.5 Å². The molecule has 0 fully saturated rings. The van der Waals surface area contributed by atoms with E-state index in [0.717, 1.165) is 10.0 Å². The maximum atomic E-state index is 12.1. The van der Waals surface area contributed by atoms with Gasteiger partial charge in [0.2, 0.25) is 0 Å². The molecule has 1 aliphatic heterocycles. The number of hydrogen-bond acceptors (Lipinski definition) is 3. The summed E-state index contributed by atoms with van der Waals surface area (Å²) in [7, 11) is 0. The Morgan fingerprint density at radius 1 is 1.10 bits per heavy atom. The molecule has 0 aliphatic carbocycles. The molecule has 102 valence electrons. The Bertz CT molecular complexity index is 791. The maximum Gasteiger partial charge on any atom is 0.299 e. The first-order valence-corrected chi connectivity index (χ1v) is 7.04. The van der Waals surface area contributed by atoms with Gasteiger partial charge < -0.3 is 4.90 Å². The van der Waals surface area contributed by atoms with Crippen LogP contribution in [0.4, 0.5) is 5.69 Å². The fraction of sp³-hybridized carbons (Fsp3) is 0.0625. The van der Waals surface area contributed by atoms with Crippen molar-refractivity contribution in [1.82, 2.24) is 0 Å². The van der Waals surface area contributed by atoms with Crippen molar-refractivity contribution in [3.8, 4) is 6.07 Å². The molecule has 2 aromatic rings. The Morgan fingerprint density at radius 2 is 1.81 bits per heavy atom. The first-order chi connectivity index (χ1) is 10.1. The Labute approximate surface area is 129 Å². The second kappa shape index (κ2) is 5.15. The van der Waals surface area contributed by atoms with E-state index in [1.54, 1.807) is 42.5 Å². The quantitative estimate of drug-likeness (QED) is 0.789. The Kier molecular flexibility index (Phi) is 3.32. The van der Waals surface area contributed by atoms with Gasteiger partial charge in [0, 0.05) is 4.47 Å². The van der Waals surface area contributed by atoms with Gasteiger partial charge >= 0.3 is 0 Å². The van der Waals surface area contributed by atoms with Crippen molar-refractivity contribution in [3.05, 3.63) is 63.6 Å². The van der Waals surface area contributed by atoms with E-state index < -0.39 is 11.7 Å². The SMILES string of the molecule is N#Cc1ccc(CN2C(=O)C(=O)c3cc(Br)ccc32)cc1. The van der Waals surface area contributed by atoms with Crippen molar-refractivity contribution in [3.63, 3.8) is 0 Å². The maximum absolute atomic E-state index is 12.1. The predicted octanol–water partition coefficient (Wildman–Crippen LogP) is 3.05. The lowest BCUT2D eigenvalue weighted by Crippen LogP contribution is -2.29. The number of nitrogens with zero attached hydrogens (tertiary/aromatic N) is 2. The van der Waals surface area contributed by atoms with E-state index in [4.69, 9.17) is 5.26 Å². The summed E-state index contributed by atoms with van der Waals surface area (Å²) in [5.74, 6) is -1.01. The van der Waals surface area contributed by atoms with Crippen molar-refractivity contribution < 1.29 is 9.59 Å². The minimum absolute atomic E-state index is 0.310. The summed E-state index contributed by atoms with van der Waals surface area (Å²) in [6, 6.07) is 14.2. The first kappa shape index (κ1) is 13.5. The van der Waals surface area contributed by atoms with Crippen LogP contribution >= 0.6 is 15.9 Å². The molecule has 4 nitrogen and oxygen atoms in total. The molecular weight excluding hydrogens is 332 g/mol. The Morgan fingerprint density at radius 3 is 2.48 bits per heavy atom. The van der Waals surface area contributed by atoms with Crippen LogP contribution in [-0.4, -0.2) is 11.7 Å². The van der Waals surface area contributed by atoms with Gasteiger partial charge in [-0.3, -0.25) is 9.59 Å². The zero-order chi connectivity index (χ0) is 15.0. The van der Waals surface area contributed by atoms with Crippen LogP contribution in [0.5, 0.6) is 0 Å². The molecule has 0 N–H and O–H groups in total. The number of rotatable bonds is 2. The highest BCUT2D eigenvalue weighted by Gasteiger charge is 2.35. The molecule has 2 aromatic carbocycles. The van der Waals surface area contributed by atoms with Crippen LogP contribution in [0.3, 0.4) is 0 Å². The van der Waals surface area contributed by atoms with E-state index in [1.807, 2.05) is 6.07 Å². The minimum Gasteiger partial charge on any atom is -0.300 e. The fourth-order valence-electron chi connectivity index (χ4n) is 2.30. The predicted molar refractivity (Wildman–Crippen MR) is 80.8 cm³/mol. The molecule has 3 rings (SSSR count). The number of Topliss-reactive ketones (excluding diaryl/α,β-unsaturated/α-hetero) is 1. The summed E-state index contributed by atoms with van der Waals surface area (Å²) in [5, 5.41) is 8.78. The molecular formula is C16H9BrN2O2. The summed E-state index contributed by atoms with van der Waals surface area (Å²) in [5.41, 5.74) is 2.47. The highest BCUT2D eigenvalue weighted by atomic mass is 79.9. The van der Waals surface area contributed by atoms with Crippen molar-refractivity contribution in [2.24, 2.45) is 0 Å². The van der Waals surface area contributed by atoms with E-state index in [9.17, 15) is 9.59 Å². The molecule has 0 saturated heterocycles. The van der Waals surface area contributed by atoms with Gasteiger partial charge in [0.1, 0.15) is 0 Å². The highest BCUT2D eigenvalue weighted by Crippen LogP contribution is 2.32. The second-order valence-electron chi connectivity index (χ2n) is 4.69. The lowest BCUT2D eigenvalue weighted by Gasteiger charge is -2.16. The molecule has 0 bridgehead atoms. The summed E-state index contributed by atoms with van der Waals surface area (Å²) >= 11 is 3.30. The van der Waals surface area contributed by atoms with Gasteiger partial charge in [-0.15, -0.1) is 0 Å². The Hall–Kier alpha value is -2.45. The number of halogens is 1. The molecule has 1 heterocycles. The normalized spacial score (nSPS) is 13.2. The van der Waals surface area contributed by atoms with E-state index >= 15 is 0 Å². The minimum atomic E-state index is -0.521. The number of carbonyl (C=O) groups excluding carboxylic acids is 2. The summed E-state index contributed by atoms with van der Waals surface area (Å²) in [6.07, 6.45) is 0. The molecule has 0 spiro atoms. The number of nitriles is 1. The van der Waals surface area contributed by atoms with Gasteiger partial charge in [0.25, 0.3) is 11.7 Å². The van der Waals surface area contributed by atoms with E-state index in [0.29, 0.717) is 23.4 Å². The zero-order valence-electron chi connectivity index (χ0n) is 10.8. The van der Waals surface area contributed by atoms with Gasteiger partial charge in [-0.1, -0.05) is 28.1 Å². The zero-order valence-corrected chi connectivity index (χ0v) is 12.4. The summed E-state index contributed by atoms with van der Waals surface area (Å²) in [4.78, 5) is 25.6. The van der Waals surface area contributed by atoms with Gasteiger partial charge in [-0.05, 0) is 35.9 Å². The molecule has 0 aromatic heterocycles. The van der Waals surface area contributed by atoms with Crippen molar-refractivity contribution in [2.45, 2.75) is 6.54 Å². The third-order valence-electron chi connectivity index (χ3n) is 3.36. The largest absolute Gasteiger partial charge is 0.300 e. The second-order valence-corrected chi connectivity index (χ2v) is 5.61. The number of carbonyl (C=O) groups is 2. The van der Waals surface area contributed by atoms with Crippen LogP contribution < -0.4 is 4.90 Å². The number of fused-ring (bicyclic) bond motifs is 1. The molecule has 0 atom stereocenters. The Balaban J connectivity index is 1.94. The third-order valence-corrected chi connectivity index (χ3v) is 3.85. The number of hydrogen-bond donors (Lipinski definition) is 0. The standard InChI is InChI=1S/C16H9BrN2O2/c17-12-5-6-14-13(7-12)15(20)16(21)19(14)9-11-3-1-10(8-18)2-4-11/h1-7H,9H2. The van der Waals surface area contributed by atoms with Crippen LogP contribution in [0.25, 0.3) is 0 Å². The number of benzene rings is 2. The van der Waals surface area contributed by atoms with Crippen LogP contribution in [0.15, 0.2) is 46.9 Å². The van der Waals surface area contributed by atoms with Gasteiger partial charge in [-0.25, -0.2) is 0 Å². The van der Waals surface area contributed by atoms with Crippen LogP contribution in [0, 0.1) is 11.3 Å². The fourth-order valence-corrected chi connectivity index (χ4v) is 2.66. The molecule has 1 aliphatic rings. The number of amides is 1. The number of ketones is 1. The third kappa shape index (κ3) is 2.34. The lowest BCUT2D eigenvalue weighted by atomic mass is 10.1. The molecule has 0 radical (unpaired) electrons. The van der Waals surface area contributed by atoms with Gasteiger partial charge in [-0.2, -0.15) is 5.26 Å². The summed E-state index contributed by atoms with van der Waals surface area (Å²) < 4.78 is 0.766. The van der Waals surface area contributed by atoms with Gasteiger partial charge in [0.15, 0.2) is 0 Å². The highest BCUT2D eigenvalue weighted by molar-refractivity contribution is 9.10. The molecule has 21 heavy (non-hydrogen) atoms. The van der Waals surface area contributed by atoms with E-state index in [-0.39, 0.29) is 0 Å². The first-order valence-electron chi connectivity index (χ1n) is 6.25. The van der Waals surface area contributed by atoms with Crippen molar-refractivity contribution in [2.75, 3.05) is 4.90 Å².